The van der Waals surface area contributed by atoms with Crippen molar-refractivity contribution in [2.75, 3.05) is 0 Å². The second-order valence-corrected chi connectivity index (χ2v) is 14.6. The van der Waals surface area contributed by atoms with Gasteiger partial charge in [-0.2, -0.15) is 0 Å². The van der Waals surface area contributed by atoms with E-state index >= 15 is 0 Å². The van der Waals surface area contributed by atoms with Gasteiger partial charge < -0.3 is 15.3 Å². The van der Waals surface area contributed by atoms with Crippen molar-refractivity contribution >= 4 is 5.97 Å². The molecule has 0 aromatic rings. The lowest BCUT2D eigenvalue weighted by molar-refractivity contribution is -0.232. The Labute approximate surface area is 206 Å². The van der Waals surface area contributed by atoms with Crippen LogP contribution in [0.3, 0.4) is 0 Å². The van der Waals surface area contributed by atoms with Gasteiger partial charge in [-0.05, 0) is 103 Å². The van der Waals surface area contributed by atoms with E-state index < -0.39 is 23.6 Å². The summed E-state index contributed by atoms with van der Waals surface area (Å²) in [5.41, 5.74) is 0.574. The highest BCUT2D eigenvalue weighted by atomic mass is 16.4. The molecule has 34 heavy (non-hydrogen) atoms. The summed E-state index contributed by atoms with van der Waals surface area (Å²) in [6.07, 6.45) is 8.53. The van der Waals surface area contributed by atoms with Crippen molar-refractivity contribution in [2.45, 2.75) is 112 Å². The molecule has 0 bridgehead atoms. The van der Waals surface area contributed by atoms with Gasteiger partial charge in [-0.25, -0.2) is 0 Å². The summed E-state index contributed by atoms with van der Waals surface area (Å²) < 4.78 is 0. The Bertz CT molecular complexity index is 907. The lowest BCUT2D eigenvalue weighted by atomic mass is 9.33. The van der Waals surface area contributed by atoms with E-state index in [4.69, 9.17) is 0 Å². The molecule has 0 aliphatic heterocycles. The summed E-state index contributed by atoms with van der Waals surface area (Å²) in [6, 6.07) is 0. The molecule has 3 N–H and O–H groups in total. The first-order valence-corrected chi connectivity index (χ1v) is 14.0. The van der Waals surface area contributed by atoms with E-state index in [0.29, 0.717) is 30.1 Å². The van der Waals surface area contributed by atoms with Crippen LogP contribution in [0.2, 0.25) is 0 Å². The molecule has 11 atom stereocenters. The van der Waals surface area contributed by atoms with Gasteiger partial charge in [0.2, 0.25) is 0 Å². The Kier molecular flexibility index (Phi) is 5.36. The fourth-order valence-electron chi connectivity index (χ4n) is 11.0. The molecule has 4 nitrogen and oxygen atoms in total. The zero-order valence-corrected chi connectivity index (χ0v) is 22.5. The average Bonchev–Trinajstić information content (AvgIpc) is 2.75. The number of aliphatic hydroxyl groups is 2. The largest absolute Gasteiger partial charge is 0.481 e. The molecule has 0 saturated heterocycles. The fraction of sp³-hybridized carbons (Fsp3) is 0.900. The van der Waals surface area contributed by atoms with Gasteiger partial charge in [0.05, 0.1) is 17.6 Å². The fourth-order valence-corrected chi connectivity index (χ4v) is 11.0. The van der Waals surface area contributed by atoms with Crippen LogP contribution in [0.5, 0.6) is 0 Å². The molecule has 0 radical (unpaired) electrons. The van der Waals surface area contributed by atoms with Gasteiger partial charge in [-0.1, -0.05) is 60.1 Å². The first kappa shape index (κ1) is 24.8. The zero-order valence-electron chi connectivity index (χ0n) is 22.5. The Morgan fingerprint density at radius 3 is 2.26 bits per heavy atom. The third-order valence-corrected chi connectivity index (χ3v) is 13.4. The average molecular weight is 473 g/mol. The highest BCUT2D eigenvalue weighted by molar-refractivity contribution is 5.76. The van der Waals surface area contributed by atoms with E-state index in [1.54, 1.807) is 0 Å². The van der Waals surface area contributed by atoms with Crippen molar-refractivity contribution in [1.29, 1.82) is 0 Å². The summed E-state index contributed by atoms with van der Waals surface area (Å²) in [4.78, 5) is 12.8. The van der Waals surface area contributed by atoms with Crippen LogP contribution in [0.1, 0.15) is 99.8 Å². The van der Waals surface area contributed by atoms with Crippen molar-refractivity contribution in [3.05, 3.63) is 11.6 Å². The maximum Gasteiger partial charge on any atom is 0.310 e. The second-order valence-electron chi connectivity index (χ2n) is 14.6. The molecular weight excluding hydrogens is 424 g/mol. The molecule has 0 heterocycles. The number of allylic oxidation sites excluding steroid dienone is 2. The minimum atomic E-state index is -0.679. The summed E-state index contributed by atoms with van der Waals surface area (Å²) in [5, 5.41) is 32.4. The third kappa shape index (κ3) is 2.76. The van der Waals surface area contributed by atoms with Crippen LogP contribution in [-0.2, 0) is 4.79 Å². The molecular formula is C30H48O4. The van der Waals surface area contributed by atoms with E-state index in [2.05, 4.69) is 54.5 Å². The number of hydrogen-bond acceptors (Lipinski definition) is 3. The number of hydrogen-bond donors (Lipinski definition) is 3. The predicted molar refractivity (Wildman–Crippen MR) is 134 cm³/mol. The zero-order chi connectivity index (χ0) is 25.1. The predicted octanol–water partition coefficient (Wildman–Crippen LogP) is 6.06. The highest BCUT2D eigenvalue weighted by Gasteiger charge is 2.70. The maximum absolute atomic E-state index is 12.8. The summed E-state index contributed by atoms with van der Waals surface area (Å²) >= 11 is 0. The van der Waals surface area contributed by atoms with E-state index in [9.17, 15) is 20.1 Å². The Hall–Kier alpha value is -0.870. The van der Waals surface area contributed by atoms with Gasteiger partial charge in [-0.15, -0.1) is 0 Å². The normalized spacial score (nSPS) is 56.3. The number of fused-ring (bicyclic) bond motifs is 7. The molecule has 5 rings (SSSR count). The highest BCUT2D eigenvalue weighted by Crippen LogP contribution is 2.75. The second kappa shape index (κ2) is 7.34. The standard InChI is InChI=1S/C30H48O4/c1-17-10-13-30(25(33)34)15-14-28(6)19(23(30)18(17)2)8-9-22-27(5)16-20(31)24(32)26(3,4)21(27)11-12-29(22,28)7/h8,17-18,20-24,31-32H,9-16H2,1-7H3,(H,33,34)/t17-,18?,20-,21?,22?,23?,24?,27?,28-,29?,30?/m1/s1. The summed E-state index contributed by atoms with van der Waals surface area (Å²) in [6.45, 7) is 16.3. The van der Waals surface area contributed by atoms with E-state index in [1.165, 1.54) is 5.57 Å². The van der Waals surface area contributed by atoms with Gasteiger partial charge >= 0.3 is 5.97 Å². The number of aliphatic hydroxyl groups excluding tert-OH is 2. The van der Waals surface area contributed by atoms with Crippen molar-refractivity contribution < 1.29 is 20.1 Å². The lowest BCUT2D eigenvalue weighted by Crippen LogP contribution is -2.67. The van der Waals surface area contributed by atoms with E-state index in [0.717, 1.165) is 44.9 Å². The molecule has 192 valence electrons. The van der Waals surface area contributed by atoms with Crippen LogP contribution in [0, 0.1) is 56.7 Å². The van der Waals surface area contributed by atoms with Crippen molar-refractivity contribution in [3.63, 3.8) is 0 Å². The van der Waals surface area contributed by atoms with Gasteiger partial charge in [0.1, 0.15) is 0 Å². The summed E-state index contributed by atoms with van der Waals surface area (Å²) in [7, 11) is 0. The number of carboxylic acids is 1. The van der Waals surface area contributed by atoms with E-state index in [1.807, 2.05) is 0 Å². The molecule has 4 fully saturated rings. The van der Waals surface area contributed by atoms with Crippen LogP contribution in [-0.4, -0.2) is 33.5 Å². The smallest absolute Gasteiger partial charge is 0.310 e. The number of carboxylic acid groups (broad SMARTS) is 1. The van der Waals surface area contributed by atoms with Crippen molar-refractivity contribution in [1.82, 2.24) is 0 Å². The first-order valence-electron chi connectivity index (χ1n) is 14.0. The molecule has 0 amide bonds. The van der Waals surface area contributed by atoms with Crippen LogP contribution in [0.15, 0.2) is 11.6 Å². The quantitative estimate of drug-likeness (QED) is 0.405. The topological polar surface area (TPSA) is 77.8 Å². The third-order valence-electron chi connectivity index (χ3n) is 13.4. The minimum Gasteiger partial charge on any atom is -0.481 e. The van der Waals surface area contributed by atoms with Crippen molar-refractivity contribution in [3.8, 4) is 0 Å². The first-order chi connectivity index (χ1) is 15.7. The van der Waals surface area contributed by atoms with E-state index in [-0.39, 0.29) is 27.6 Å². The number of carbonyl (C=O) groups is 1. The van der Waals surface area contributed by atoms with Crippen LogP contribution in [0.25, 0.3) is 0 Å². The molecule has 5 aliphatic rings. The van der Waals surface area contributed by atoms with Crippen LogP contribution >= 0.6 is 0 Å². The molecule has 4 heteroatoms. The number of aliphatic carboxylic acids is 1. The van der Waals surface area contributed by atoms with Crippen molar-refractivity contribution in [2.24, 2.45) is 56.7 Å². The van der Waals surface area contributed by atoms with Gasteiger partial charge in [0.15, 0.2) is 0 Å². The number of rotatable bonds is 1. The molecule has 0 aromatic carbocycles. The Morgan fingerprint density at radius 2 is 1.62 bits per heavy atom. The minimum absolute atomic E-state index is 0.00993. The Morgan fingerprint density at radius 1 is 0.941 bits per heavy atom. The molecule has 8 unspecified atom stereocenters. The monoisotopic (exact) mass is 472 g/mol. The lowest BCUT2D eigenvalue weighted by Gasteiger charge is -2.71. The molecule has 0 spiro atoms. The van der Waals surface area contributed by atoms with Crippen LogP contribution < -0.4 is 0 Å². The SMILES string of the molecule is CC1C2C3=CCC4C5(C)C[C@@H](O)C(O)C(C)(C)C5CCC4(C)[C@]3(C)CCC2(C(=O)O)CC[C@H]1C. The van der Waals surface area contributed by atoms with Gasteiger partial charge in [0.25, 0.3) is 0 Å². The van der Waals surface area contributed by atoms with Gasteiger partial charge in [0, 0.05) is 0 Å². The maximum atomic E-state index is 12.8. The molecule has 4 saturated carbocycles. The molecule has 5 aliphatic carbocycles. The molecule has 0 aromatic heterocycles. The summed E-state index contributed by atoms with van der Waals surface area (Å²) in [5.74, 6) is 1.30. The Balaban J connectivity index is 1.62. The van der Waals surface area contributed by atoms with Crippen LogP contribution in [0.4, 0.5) is 0 Å². The van der Waals surface area contributed by atoms with Gasteiger partial charge in [-0.3, -0.25) is 4.79 Å².